The number of amides is 1. The number of anilines is 1. The number of primary amides is 1. The number of oxazole rings is 1. The van der Waals surface area contributed by atoms with Gasteiger partial charge in [0, 0.05) is 6.54 Å². The van der Waals surface area contributed by atoms with Crippen molar-refractivity contribution in [2.75, 3.05) is 24.6 Å². The van der Waals surface area contributed by atoms with Crippen LogP contribution in [0.15, 0.2) is 10.7 Å². The highest BCUT2D eigenvalue weighted by Crippen LogP contribution is 2.15. The molecule has 1 aromatic rings. The first-order valence-electron chi connectivity index (χ1n) is 6.10. The average Bonchev–Trinajstić information content (AvgIpc) is 2.76. The molecule has 0 bridgehead atoms. The highest BCUT2D eigenvalue weighted by molar-refractivity contribution is 5.87. The van der Waals surface area contributed by atoms with E-state index < -0.39 is 11.9 Å². The molecule has 0 aliphatic heterocycles. The van der Waals surface area contributed by atoms with Gasteiger partial charge < -0.3 is 19.8 Å². The SMILES string of the molecule is CCOC(=O)c1coc(N(CC(N)=O)CC(C)C)n1. The molecular formula is C12H19N3O4. The van der Waals surface area contributed by atoms with Crippen molar-refractivity contribution in [3.8, 4) is 0 Å². The predicted molar refractivity (Wildman–Crippen MR) is 68.7 cm³/mol. The normalized spacial score (nSPS) is 10.5. The number of aromatic nitrogens is 1. The van der Waals surface area contributed by atoms with E-state index in [1.165, 1.54) is 6.26 Å². The Morgan fingerprint density at radius 3 is 2.74 bits per heavy atom. The van der Waals surface area contributed by atoms with Crippen molar-refractivity contribution in [1.29, 1.82) is 0 Å². The third kappa shape index (κ3) is 4.61. The van der Waals surface area contributed by atoms with Gasteiger partial charge in [0.1, 0.15) is 12.8 Å². The molecule has 0 aliphatic carbocycles. The summed E-state index contributed by atoms with van der Waals surface area (Å²) in [6.07, 6.45) is 1.21. The first-order chi connectivity index (χ1) is 8.93. The highest BCUT2D eigenvalue weighted by Gasteiger charge is 2.19. The molecule has 2 N–H and O–H groups in total. The second-order valence-corrected chi connectivity index (χ2v) is 4.48. The standard InChI is InChI=1S/C12H19N3O4/c1-4-18-11(17)9-7-19-12(14-9)15(5-8(2)3)6-10(13)16/h7-8H,4-6H2,1-3H3,(H2,13,16). The van der Waals surface area contributed by atoms with E-state index in [-0.39, 0.29) is 30.8 Å². The molecule has 0 fully saturated rings. The summed E-state index contributed by atoms with van der Waals surface area (Å²) in [4.78, 5) is 28.1. The van der Waals surface area contributed by atoms with Gasteiger partial charge in [-0.25, -0.2) is 4.79 Å². The monoisotopic (exact) mass is 269 g/mol. The summed E-state index contributed by atoms with van der Waals surface area (Å²) in [5, 5.41) is 0. The lowest BCUT2D eigenvalue weighted by Gasteiger charge is -2.20. The van der Waals surface area contributed by atoms with Crippen LogP contribution >= 0.6 is 0 Å². The maximum atomic E-state index is 11.5. The van der Waals surface area contributed by atoms with Crippen LogP contribution in [-0.4, -0.2) is 36.6 Å². The second kappa shape index (κ2) is 6.77. The summed E-state index contributed by atoms with van der Waals surface area (Å²) in [5.41, 5.74) is 5.26. The topological polar surface area (TPSA) is 98.7 Å². The number of nitrogens with zero attached hydrogens (tertiary/aromatic N) is 2. The molecule has 0 saturated heterocycles. The molecule has 0 aliphatic rings. The van der Waals surface area contributed by atoms with Gasteiger partial charge in [-0.15, -0.1) is 0 Å². The van der Waals surface area contributed by atoms with Crippen LogP contribution in [-0.2, 0) is 9.53 Å². The minimum Gasteiger partial charge on any atom is -0.461 e. The summed E-state index contributed by atoms with van der Waals surface area (Å²) in [6, 6.07) is 0.190. The van der Waals surface area contributed by atoms with Crippen LogP contribution in [0.3, 0.4) is 0 Å². The van der Waals surface area contributed by atoms with Crippen molar-refractivity contribution >= 4 is 17.9 Å². The fourth-order valence-corrected chi connectivity index (χ4v) is 1.55. The number of esters is 1. The number of carbonyl (C=O) groups is 2. The largest absolute Gasteiger partial charge is 0.461 e. The van der Waals surface area contributed by atoms with Crippen molar-refractivity contribution in [2.45, 2.75) is 20.8 Å². The maximum Gasteiger partial charge on any atom is 0.360 e. The van der Waals surface area contributed by atoms with Gasteiger partial charge in [-0.1, -0.05) is 13.8 Å². The van der Waals surface area contributed by atoms with Crippen LogP contribution in [0, 0.1) is 5.92 Å². The summed E-state index contributed by atoms with van der Waals surface area (Å²) in [6.45, 7) is 6.48. The quantitative estimate of drug-likeness (QED) is 0.735. The Hall–Kier alpha value is -2.05. The van der Waals surface area contributed by atoms with Crippen LogP contribution in [0.4, 0.5) is 6.01 Å². The number of hydrogen-bond acceptors (Lipinski definition) is 6. The van der Waals surface area contributed by atoms with Crippen LogP contribution in [0.5, 0.6) is 0 Å². The lowest BCUT2D eigenvalue weighted by molar-refractivity contribution is -0.116. The lowest BCUT2D eigenvalue weighted by Crippen LogP contribution is -2.36. The molecule has 1 amide bonds. The van der Waals surface area contributed by atoms with Crippen molar-refractivity contribution in [2.24, 2.45) is 11.7 Å². The third-order valence-electron chi connectivity index (χ3n) is 2.18. The molecule has 1 aromatic heterocycles. The molecule has 0 radical (unpaired) electrons. The zero-order valence-electron chi connectivity index (χ0n) is 11.4. The Balaban J connectivity index is 2.84. The molecule has 0 saturated carbocycles. The molecule has 0 atom stereocenters. The van der Waals surface area contributed by atoms with Gasteiger partial charge in [0.05, 0.1) is 6.61 Å². The Labute approximate surface area is 111 Å². The van der Waals surface area contributed by atoms with E-state index in [1.54, 1.807) is 11.8 Å². The molecule has 1 rings (SSSR count). The number of ether oxygens (including phenoxy) is 1. The summed E-state index contributed by atoms with van der Waals surface area (Å²) in [5.74, 6) is -0.755. The Morgan fingerprint density at radius 1 is 1.53 bits per heavy atom. The Bertz CT molecular complexity index is 442. The van der Waals surface area contributed by atoms with E-state index in [0.29, 0.717) is 6.54 Å². The molecule has 0 unspecified atom stereocenters. The van der Waals surface area contributed by atoms with Gasteiger partial charge in [0.25, 0.3) is 6.01 Å². The molecule has 0 aromatic carbocycles. The zero-order chi connectivity index (χ0) is 14.4. The summed E-state index contributed by atoms with van der Waals surface area (Å²) in [7, 11) is 0. The molecule has 7 nitrogen and oxygen atoms in total. The minimum atomic E-state index is -0.555. The number of nitrogens with two attached hydrogens (primary N) is 1. The third-order valence-corrected chi connectivity index (χ3v) is 2.18. The van der Waals surface area contributed by atoms with E-state index in [9.17, 15) is 9.59 Å². The smallest absolute Gasteiger partial charge is 0.360 e. The van der Waals surface area contributed by atoms with E-state index in [0.717, 1.165) is 0 Å². The number of carbonyl (C=O) groups excluding carboxylic acids is 2. The van der Waals surface area contributed by atoms with Gasteiger partial charge in [-0.3, -0.25) is 4.79 Å². The van der Waals surface area contributed by atoms with Crippen molar-refractivity contribution in [3.63, 3.8) is 0 Å². The fourth-order valence-electron chi connectivity index (χ4n) is 1.55. The fraction of sp³-hybridized carbons (Fsp3) is 0.583. The average molecular weight is 269 g/mol. The van der Waals surface area contributed by atoms with Crippen LogP contribution < -0.4 is 10.6 Å². The van der Waals surface area contributed by atoms with E-state index in [4.69, 9.17) is 14.9 Å². The van der Waals surface area contributed by atoms with Gasteiger partial charge in [-0.2, -0.15) is 4.98 Å². The van der Waals surface area contributed by atoms with Gasteiger partial charge in [-0.05, 0) is 12.8 Å². The van der Waals surface area contributed by atoms with Crippen molar-refractivity contribution < 1.29 is 18.7 Å². The number of hydrogen-bond donors (Lipinski definition) is 1. The molecule has 0 spiro atoms. The lowest BCUT2D eigenvalue weighted by atomic mass is 10.2. The van der Waals surface area contributed by atoms with Crippen molar-refractivity contribution in [3.05, 3.63) is 12.0 Å². The first kappa shape index (κ1) is 15.0. The molecule has 106 valence electrons. The summed E-state index contributed by atoms with van der Waals surface area (Å²) < 4.78 is 10.0. The van der Waals surface area contributed by atoms with Crippen LogP contribution in [0.2, 0.25) is 0 Å². The number of rotatable bonds is 7. The highest BCUT2D eigenvalue weighted by atomic mass is 16.5. The van der Waals surface area contributed by atoms with E-state index in [2.05, 4.69) is 4.98 Å². The molecule has 19 heavy (non-hydrogen) atoms. The summed E-state index contributed by atoms with van der Waals surface area (Å²) >= 11 is 0. The zero-order valence-corrected chi connectivity index (χ0v) is 11.4. The second-order valence-electron chi connectivity index (χ2n) is 4.48. The van der Waals surface area contributed by atoms with Crippen LogP contribution in [0.25, 0.3) is 0 Å². The van der Waals surface area contributed by atoms with Gasteiger partial charge in [0.15, 0.2) is 5.69 Å². The minimum absolute atomic E-state index is 0.0129. The predicted octanol–water partition coefficient (Wildman–Crippen LogP) is 0.799. The Morgan fingerprint density at radius 2 is 2.21 bits per heavy atom. The maximum absolute atomic E-state index is 11.5. The molecule has 1 heterocycles. The van der Waals surface area contributed by atoms with Crippen molar-refractivity contribution in [1.82, 2.24) is 4.98 Å². The van der Waals surface area contributed by atoms with E-state index >= 15 is 0 Å². The Kier molecular flexibility index (Phi) is 5.35. The van der Waals surface area contributed by atoms with Gasteiger partial charge in [0.2, 0.25) is 5.91 Å². The molecule has 7 heteroatoms. The molecular weight excluding hydrogens is 250 g/mol. The van der Waals surface area contributed by atoms with Crippen LogP contribution in [0.1, 0.15) is 31.3 Å². The van der Waals surface area contributed by atoms with E-state index in [1.807, 2.05) is 13.8 Å². The first-order valence-corrected chi connectivity index (χ1v) is 6.10. The van der Waals surface area contributed by atoms with Gasteiger partial charge >= 0.3 is 5.97 Å².